The van der Waals surface area contributed by atoms with Gasteiger partial charge in [-0.15, -0.1) is 0 Å². The Balaban J connectivity index is 1.63. The first-order valence-electron chi connectivity index (χ1n) is 9.77. The number of rotatable bonds is 6. The van der Waals surface area contributed by atoms with Crippen LogP contribution < -0.4 is 15.8 Å². The molecule has 1 N–H and O–H groups in total. The zero-order valence-electron chi connectivity index (χ0n) is 17.1. The third-order valence-electron chi connectivity index (χ3n) is 4.91. The van der Waals surface area contributed by atoms with E-state index >= 15 is 0 Å². The van der Waals surface area contributed by atoms with Gasteiger partial charge in [-0.25, -0.2) is 14.2 Å². The summed E-state index contributed by atoms with van der Waals surface area (Å²) in [5.41, 5.74) is 1.71. The fourth-order valence-electron chi connectivity index (χ4n) is 3.19. The topological polar surface area (TPSA) is 97.4 Å². The molecule has 0 unspecified atom stereocenters. The van der Waals surface area contributed by atoms with Crippen LogP contribution in [0.15, 0.2) is 29.2 Å². The highest BCUT2D eigenvalue weighted by Gasteiger charge is 2.28. The minimum Gasteiger partial charge on any atom is -0.363 e. The van der Waals surface area contributed by atoms with Crippen molar-refractivity contribution in [3.05, 3.63) is 46.3 Å². The molecule has 9 nitrogen and oxygen atoms in total. The monoisotopic (exact) mass is 395 g/mol. The number of aromatic nitrogens is 5. The van der Waals surface area contributed by atoms with Crippen LogP contribution in [-0.4, -0.2) is 44.4 Å². The van der Waals surface area contributed by atoms with E-state index in [0.29, 0.717) is 22.9 Å². The molecule has 0 bridgehead atoms. The molecule has 0 aromatic carbocycles. The quantitative estimate of drug-likeness (QED) is 0.686. The number of hydrogen-bond donors (Lipinski definition) is 1. The van der Waals surface area contributed by atoms with Gasteiger partial charge in [0.15, 0.2) is 5.82 Å². The molecule has 0 saturated heterocycles. The molecule has 4 rings (SSSR count). The predicted molar refractivity (Wildman–Crippen MR) is 111 cm³/mol. The normalized spacial score (nSPS) is 13.8. The van der Waals surface area contributed by atoms with Crippen molar-refractivity contribution in [3.8, 4) is 0 Å². The van der Waals surface area contributed by atoms with Crippen molar-refractivity contribution in [2.75, 3.05) is 24.3 Å². The van der Waals surface area contributed by atoms with Gasteiger partial charge in [-0.05, 0) is 25.0 Å². The van der Waals surface area contributed by atoms with Gasteiger partial charge in [0, 0.05) is 43.9 Å². The zero-order valence-corrected chi connectivity index (χ0v) is 17.1. The van der Waals surface area contributed by atoms with Crippen LogP contribution in [0, 0.1) is 0 Å². The number of carbonyl (C=O) groups excluding carboxylic acids is 1. The summed E-state index contributed by atoms with van der Waals surface area (Å²) in [7, 11) is 3.75. The maximum absolute atomic E-state index is 12.9. The molecule has 3 aromatic rings. The second-order valence-corrected chi connectivity index (χ2v) is 7.96. The van der Waals surface area contributed by atoms with E-state index in [1.54, 1.807) is 22.8 Å². The molecule has 9 heteroatoms. The molecule has 1 fully saturated rings. The minimum absolute atomic E-state index is 0.0576. The summed E-state index contributed by atoms with van der Waals surface area (Å²) in [5.74, 6) is 1.56. The highest BCUT2D eigenvalue weighted by atomic mass is 16.2. The van der Waals surface area contributed by atoms with E-state index < -0.39 is 0 Å². The number of carbonyl (C=O) groups is 1. The van der Waals surface area contributed by atoms with Gasteiger partial charge >= 0.3 is 0 Å². The lowest BCUT2D eigenvalue weighted by Crippen LogP contribution is -2.32. The van der Waals surface area contributed by atoms with Crippen molar-refractivity contribution in [2.24, 2.45) is 0 Å². The zero-order chi connectivity index (χ0) is 20.7. The molecule has 152 valence electrons. The molecule has 0 aliphatic heterocycles. The van der Waals surface area contributed by atoms with Gasteiger partial charge in [0.2, 0.25) is 5.91 Å². The third-order valence-corrected chi connectivity index (χ3v) is 4.91. The molecule has 3 aromatic heterocycles. The molecule has 1 amide bonds. The van der Waals surface area contributed by atoms with Crippen LogP contribution >= 0.6 is 0 Å². The fraction of sp³-hybridized carbons (Fsp3) is 0.450. The van der Waals surface area contributed by atoms with Gasteiger partial charge in [0.05, 0.1) is 5.69 Å². The molecular formula is C20H25N7O2. The predicted octanol–water partition coefficient (Wildman–Crippen LogP) is 1.99. The summed E-state index contributed by atoms with van der Waals surface area (Å²) in [6.07, 6.45) is 3.83. The Hall–Kier alpha value is -3.23. The van der Waals surface area contributed by atoms with Crippen LogP contribution in [0.3, 0.4) is 0 Å². The Bertz CT molecular complexity index is 1130. The number of nitrogens with zero attached hydrogens (tertiary/aromatic N) is 6. The number of pyridine rings is 1. The lowest BCUT2D eigenvalue weighted by molar-refractivity contribution is -0.117. The lowest BCUT2D eigenvalue weighted by atomic mass is 10.2. The number of nitrogens with one attached hydrogen (secondary N) is 1. The first-order chi connectivity index (χ1) is 13.8. The van der Waals surface area contributed by atoms with Crippen LogP contribution in [-0.2, 0) is 11.3 Å². The van der Waals surface area contributed by atoms with Crippen molar-refractivity contribution < 1.29 is 4.79 Å². The maximum Gasteiger partial charge on any atom is 0.293 e. The smallest absolute Gasteiger partial charge is 0.293 e. The summed E-state index contributed by atoms with van der Waals surface area (Å²) < 4.78 is 2.87. The SMILES string of the molecule is CC(C)c1nn(CC(=O)Nc2ccnc(N(C)C)c2)c(=O)c2cc(C3CC3)nn12. The maximum atomic E-state index is 12.9. The molecule has 3 heterocycles. The standard InChI is InChI=1S/C20H25N7O2/c1-12(2)19-24-26(20(29)16-10-15(13-5-6-13)23-27(16)19)11-18(28)22-14-7-8-21-17(9-14)25(3)4/h7-10,12-13H,5-6,11H2,1-4H3,(H,21,22,28). The van der Waals surface area contributed by atoms with Gasteiger partial charge in [-0.2, -0.15) is 10.2 Å². The molecule has 0 radical (unpaired) electrons. The summed E-state index contributed by atoms with van der Waals surface area (Å²) in [5, 5.41) is 11.9. The Morgan fingerprint density at radius 2 is 2.03 bits per heavy atom. The second kappa shape index (κ2) is 7.31. The molecule has 1 aliphatic carbocycles. The highest BCUT2D eigenvalue weighted by Crippen LogP contribution is 2.39. The van der Waals surface area contributed by atoms with Gasteiger partial charge < -0.3 is 10.2 Å². The summed E-state index contributed by atoms with van der Waals surface area (Å²) in [4.78, 5) is 31.6. The molecule has 1 saturated carbocycles. The van der Waals surface area contributed by atoms with Gasteiger partial charge in [0.25, 0.3) is 5.56 Å². The number of hydrogen-bond acceptors (Lipinski definition) is 6. The largest absolute Gasteiger partial charge is 0.363 e. The average molecular weight is 395 g/mol. The van der Waals surface area contributed by atoms with E-state index in [-0.39, 0.29) is 23.9 Å². The fourth-order valence-corrected chi connectivity index (χ4v) is 3.19. The second-order valence-electron chi connectivity index (χ2n) is 7.96. The van der Waals surface area contributed by atoms with Crippen LogP contribution in [0.2, 0.25) is 0 Å². The first-order valence-corrected chi connectivity index (χ1v) is 9.77. The van der Waals surface area contributed by atoms with Gasteiger partial charge in [0.1, 0.15) is 17.9 Å². The number of amides is 1. The molecular weight excluding hydrogens is 370 g/mol. The van der Waals surface area contributed by atoms with E-state index in [0.717, 1.165) is 24.4 Å². The Kier molecular flexibility index (Phi) is 4.81. The number of fused-ring (bicyclic) bond motifs is 1. The Morgan fingerprint density at radius 1 is 1.28 bits per heavy atom. The van der Waals surface area contributed by atoms with Gasteiger partial charge in [-0.1, -0.05) is 13.8 Å². The van der Waals surface area contributed by atoms with E-state index in [1.807, 2.05) is 38.9 Å². The van der Waals surface area contributed by atoms with Crippen LogP contribution in [0.1, 0.15) is 50.0 Å². The summed E-state index contributed by atoms with van der Waals surface area (Å²) in [6.45, 7) is 3.82. The molecule has 0 spiro atoms. The molecule has 29 heavy (non-hydrogen) atoms. The average Bonchev–Trinajstić information content (AvgIpc) is 3.42. The summed E-state index contributed by atoms with van der Waals surface area (Å²) >= 11 is 0. The van der Waals surface area contributed by atoms with E-state index in [1.165, 1.54) is 4.68 Å². The van der Waals surface area contributed by atoms with E-state index in [2.05, 4.69) is 20.5 Å². The minimum atomic E-state index is -0.323. The van der Waals surface area contributed by atoms with Crippen molar-refractivity contribution in [1.29, 1.82) is 0 Å². The van der Waals surface area contributed by atoms with Crippen LogP contribution in [0.5, 0.6) is 0 Å². The van der Waals surface area contributed by atoms with Crippen molar-refractivity contribution in [1.82, 2.24) is 24.4 Å². The van der Waals surface area contributed by atoms with Crippen molar-refractivity contribution >= 4 is 22.9 Å². The number of anilines is 2. The van der Waals surface area contributed by atoms with Crippen LogP contribution in [0.4, 0.5) is 11.5 Å². The van der Waals surface area contributed by atoms with Gasteiger partial charge in [-0.3, -0.25) is 9.59 Å². The summed E-state index contributed by atoms with van der Waals surface area (Å²) in [6, 6.07) is 5.33. The Labute approximate surface area is 168 Å². The van der Waals surface area contributed by atoms with Crippen molar-refractivity contribution in [3.63, 3.8) is 0 Å². The lowest BCUT2D eigenvalue weighted by Gasteiger charge is -2.13. The molecule has 0 atom stereocenters. The van der Waals surface area contributed by atoms with Crippen molar-refractivity contribution in [2.45, 2.75) is 45.1 Å². The molecule has 1 aliphatic rings. The third kappa shape index (κ3) is 3.85. The van der Waals surface area contributed by atoms with E-state index in [9.17, 15) is 9.59 Å². The first kappa shape index (κ1) is 19.1. The Morgan fingerprint density at radius 3 is 2.69 bits per heavy atom. The highest BCUT2D eigenvalue weighted by molar-refractivity contribution is 5.90. The van der Waals surface area contributed by atoms with E-state index in [4.69, 9.17) is 0 Å². The van der Waals surface area contributed by atoms with Crippen LogP contribution in [0.25, 0.3) is 5.52 Å².